The standard InChI is InChI=1S/C12H16B4N4O/c1-7-5-11(8(2)4-10(7)16(14)15-13)20-12(17-6-21)18-9(3)19-20/h4-5,15H,13-14H2,1-3H3. The van der Waals surface area contributed by atoms with E-state index in [0.29, 0.717) is 12.3 Å². The second kappa shape index (κ2) is 6.19. The first-order chi connectivity index (χ1) is 9.97. The average molecular weight is 276 g/mol. The van der Waals surface area contributed by atoms with Crippen molar-refractivity contribution >= 4 is 46.5 Å². The molecule has 102 valence electrons. The Hall–Kier alpha value is -2.00. The van der Waals surface area contributed by atoms with Crippen LogP contribution in [0.25, 0.3) is 5.69 Å². The Morgan fingerprint density at radius 2 is 2.05 bits per heavy atom. The Bertz CT molecular complexity index is 724. The smallest absolute Gasteiger partial charge is 0.211 e. The zero-order chi connectivity index (χ0) is 15.6. The summed E-state index contributed by atoms with van der Waals surface area (Å²) in [5.74, 6) is 0.841. The molecule has 1 heterocycles. The van der Waals surface area contributed by atoms with Gasteiger partial charge in [0.05, 0.1) is 34.7 Å². The van der Waals surface area contributed by atoms with Crippen LogP contribution >= 0.6 is 0 Å². The molecule has 0 radical (unpaired) electrons. The van der Waals surface area contributed by atoms with Crippen LogP contribution in [-0.4, -0.2) is 49.9 Å². The largest absolute Gasteiger partial charge is 0.264 e. The summed E-state index contributed by atoms with van der Waals surface area (Å²) < 4.78 is 1.60. The van der Waals surface area contributed by atoms with E-state index in [0.717, 1.165) is 18.3 Å². The fourth-order valence-electron chi connectivity index (χ4n) is 2.48. The second-order valence-electron chi connectivity index (χ2n) is 5.38. The predicted molar refractivity (Wildman–Crippen MR) is 93.0 cm³/mol. The fourth-order valence-corrected chi connectivity index (χ4v) is 2.48. The topological polar surface area (TPSA) is 60.1 Å². The number of carbonyl (C=O) groups excluding carboxylic acids is 1. The number of rotatable bonds is 4. The first-order valence-corrected chi connectivity index (χ1v) is 7.11. The average Bonchev–Trinajstić information content (AvgIpc) is 2.81. The van der Waals surface area contributed by atoms with Crippen molar-refractivity contribution in [3.63, 3.8) is 0 Å². The molecule has 0 saturated heterocycles. The van der Waals surface area contributed by atoms with Gasteiger partial charge in [0.2, 0.25) is 6.08 Å². The van der Waals surface area contributed by atoms with Crippen LogP contribution in [0.5, 0.6) is 0 Å². The van der Waals surface area contributed by atoms with Gasteiger partial charge in [0.25, 0.3) is 5.95 Å². The van der Waals surface area contributed by atoms with Crippen LogP contribution < -0.4 is 5.46 Å². The lowest BCUT2D eigenvalue weighted by atomic mass is 9.03. The summed E-state index contributed by atoms with van der Waals surface area (Å²) in [6.07, 6.45) is 1.53. The number of aromatic nitrogens is 3. The molecule has 0 aliphatic heterocycles. The van der Waals surface area contributed by atoms with E-state index >= 15 is 0 Å². The maximum absolute atomic E-state index is 10.5. The zero-order valence-electron chi connectivity index (χ0n) is 13.1. The third kappa shape index (κ3) is 3.03. The quantitative estimate of drug-likeness (QED) is 0.386. The van der Waals surface area contributed by atoms with Crippen LogP contribution in [0.15, 0.2) is 17.1 Å². The normalized spacial score (nSPS) is 10.0. The Kier molecular flexibility index (Phi) is 4.53. The maximum Gasteiger partial charge on any atom is 0.264 e. The van der Waals surface area contributed by atoms with Crippen molar-refractivity contribution in [3.8, 4) is 5.69 Å². The molecular weight excluding hydrogens is 259 g/mol. The second-order valence-corrected chi connectivity index (χ2v) is 5.38. The van der Waals surface area contributed by atoms with Crippen LogP contribution in [0.3, 0.4) is 0 Å². The van der Waals surface area contributed by atoms with Gasteiger partial charge in [-0.3, -0.25) is 0 Å². The van der Waals surface area contributed by atoms with Gasteiger partial charge in [0.15, 0.2) is 0 Å². The lowest BCUT2D eigenvalue weighted by Crippen LogP contribution is -2.40. The van der Waals surface area contributed by atoms with Crippen LogP contribution in [-0.2, 0) is 4.79 Å². The van der Waals surface area contributed by atoms with Crippen molar-refractivity contribution in [1.29, 1.82) is 0 Å². The summed E-state index contributed by atoms with van der Waals surface area (Å²) in [6.45, 7) is 6.42. The molecule has 0 amide bonds. The molecule has 1 aromatic carbocycles. The third-order valence-corrected chi connectivity index (χ3v) is 3.80. The minimum atomic E-state index is 0.265. The van der Waals surface area contributed by atoms with E-state index in [9.17, 15) is 4.79 Å². The number of aliphatic imine (C=N–C) groups is 1. The van der Waals surface area contributed by atoms with E-state index in [2.05, 4.69) is 49.6 Å². The molecule has 21 heavy (non-hydrogen) atoms. The fraction of sp³-hybridized carbons (Fsp3) is 0.250. The number of hydrogen-bond donors (Lipinski definition) is 0. The first kappa shape index (κ1) is 15.4. The van der Waals surface area contributed by atoms with E-state index in [1.54, 1.807) is 11.6 Å². The summed E-state index contributed by atoms with van der Waals surface area (Å²) >= 11 is 0. The number of aryl methyl sites for hydroxylation is 3. The van der Waals surface area contributed by atoms with Gasteiger partial charge in [-0.25, -0.2) is 4.79 Å². The van der Waals surface area contributed by atoms with Crippen molar-refractivity contribution in [2.24, 2.45) is 4.99 Å². The number of isocyanates is 1. The van der Waals surface area contributed by atoms with Crippen molar-refractivity contribution in [3.05, 3.63) is 29.1 Å². The SMILES string of the molecule is BBB(B)c1cc(C)c(-n2nc(C)nc2N=C=O)cc1C. The monoisotopic (exact) mass is 276 g/mol. The van der Waals surface area contributed by atoms with Crippen LogP contribution in [0.2, 0.25) is 0 Å². The summed E-state index contributed by atoms with van der Waals surface area (Å²) in [4.78, 5) is 18.3. The summed E-state index contributed by atoms with van der Waals surface area (Å²) in [6, 6.07) is 4.26. The summed E-state index contributed by atoms with van der Waals surface area (Å²) in [5, 5.41) is 4.33. The van der Waals surface area contributed by atoms with Gasteiger partial charge >= 0.3 is 0 Å². The minimum absolute atomic E-state index is 0.265. The first-order valence-electron chi connectivity index (χ1n) is 7.11. The molecule has 2 aromatic rings. The highest BCUT2D eigenvalue weighted by Crippen LogP contribution is 2.20. The number of benzene rings is 1. The van der Waals surface area contributed by atoms with Gasteiger partial charge in [0, 0.05) is 0 Å². The van der Waals surface area contributed by atoms with E-state index < -0.39 is 0 Å². The van der Waals surface area contributed by atoms with Crippen molar-refractivity contribution in [2.75, 3.05) is 0 Å². The van der Waals surface area contributed by atoms with E-state index in [1.165, 1.54) is 17.1 Å². The van der Waals surface area contributed by atoms with Gasteiger partial charge < -0.3 is 0 Å². The molecule has 0 aliphatic carbocycles. The van der Waals surface area contributed by atoms with Crippen molar-refractivity contribution < 1.29 is 4.79 Å². The molecule has 0 N–H and O–H groups in total. The minimum Gasteiger partial charge on any atom is -0.211 e. The Balaban J connectivity index is 2.60. The van der Waals surface area contributed by atoms with E-state index in [-0.39, 0.29) is 5.95 Å². The highest BCUT2D eigenvalue weighted by atomic mass is 16.1. The van der Waals surface area contributed by atoms with Crippen molar-refractivity contribution in [2.45, 2.75) is 20.8 Å². The number of hydrogen-bond acceptors (Lipinski definition) is 4. The lowest BCUT2D eigenvalue weighted by molar-refractivity contribution is 0.565. The molecular formula is C12H16B4N4O. The van der Waals surface area contributed by atoms with E-state index in [4.69, 9.17) is 0 Å². The molecule has 9 heteroatoms. The van der Waals surface area contributed by atoms with Crippen LogP contribution in [0, 0.1) is 20.8 Å². The van der Waals surface area contributed by atoms with Crippen molar-refractivity contribution in [1.82, 2.24) is 14.8 Å². The molecule has 0 unspecified atom stereocenters. The molecule has 2 rings (SSSR count). The molecule has 0 spiro atoms. The van der Waals surface area contributed by atoms with Crippen LogP contribution in [0.4, 0.5) is 5.95 Å². The van der Waals surface area contributed by atoms with E-state index in [1.807, 2.05) is 6.92 Å². The third-order valence-electron chi connectivity index (χ3n) is 3.80. The van der Waals surface area contributed by atoms with Gasteiger partial charge in [-0.05, 0) is 32.4 Å². The highest BCUT2D eigenvalue weighted by Gasteiger charge is 2.16. The predicted octanol–water partition coefficient (Wildman–Crippen LogP) is -1.53. The molecule has 1 aromatic heterocycles. The highest BCUT2D eigenvalue weighted by molar-refractivity contribution is 7.50. The lowest BCUT2D eigenvalue weighted by Gasteiger charge is -2.15. The Labute approximate surface area is 127 Å². The van der Waals surface area contributed by atoms with Gasteiger partial charge in [-0.15, -0.1) is 10.1 Å². The molecule has 0 bridgehead atoms. The van der Waals surface area contributed by atoms with Gasteiger partial charge in [-0.1, -0.05) is 17.1 Å². The zero-order valence-corrected chi connectivity index (χ0v) is 13.1. The number of nitrogens with zero attached hydrogens (tertiary/aromatic N) is 4. The molecule has 0 aliphatic rings. The Morgan fingerprint density at radius 3 is 2.67 bits per heavy atom. The summed E-state index contributed by atoms with van der Waals surface area (Å²) in [7, 11) is 5.51. The molecule has 0 fully saturated rings. The molecule has 0 saturated carbocycles. The summed E-state index contributed by atoms with van der Waals surface area (Å²) in [5.41, 5.74) is 4.53. The Morgan fingerprint density at radius 1 is 1.33 bits per heavy atom. The van der Waals surface area contributed by atoms with Gasteiger partial charge in [0.1, 0.15) is 5.82 Å². The molecule has 5 nitrogen and oxygen atoms in total. The van der Waals surface area contributed by atoms with Crippen LogP contribution in [0.1, 0.15) is 17.0 Å². The maximum atomic E-state index is 10.5. The molecule has 0 atom stereocenters. The van der Waals surface area contributed by atoms with Gasteiger partial charge in [-0.2, -0.15) is 9.67 Å².